The van der Waals surface area contributed by atoms with E-state index in [1.54, 1.807) is 24.3 Å². The highest BCUT2D eigenvalue weighted by Crippen LogP contribution is 2.26. The largest absolute Gasteiger partial charge is 0.366 e. The highest BCUT2D eigenvalue weighted by atomic mass is 32.2. The van der Waals surface area contributed by atoms with E-state index in [4.69, 9.17) is 5.73 Å². The van der Waals surface area contributed by atoms with Gasteiger partial charge in [-0.05, 0) is 54.3 Å². The molecule has 0 saturated carbocycles. The molecule has 0 radical (unpaired) electrons. The number of nitrogens with zero attached hydrogens (tertiary/aromatic N) is 2. The van der Waals surface area contributed by atoms with Crippen LogP contribution in [0.1, 0.15) is 35.2 Å². The molecule has 2 amide bonds. The van der Waals surface area contributed by atoms with Crippen molar-refractivity contribution in [3.63, 3.8) is 0 Å². The summed E-state index contributed by atoms with van der Waals surface area (Å²) in [6, 6.07) is 14.0. The number of amides is 2. The highest BCUT2D eigenvalue weighted by molar-refractivity contribution is 7.89. The maximum absolute atomic E-state index is 13.5. The first-order chi connectivity index (χ1) is 16.8. The number of benzene rings is 2. The minimum Gasteiger partial charge on any atom is -0.366 e. The Bertz CT molecular complexity index is 1380. The third kappa shape index (κ3) is 5.08. The number of carbonyl (C=O) groups excluding carboxylic acids is 3. The van der Waals surface area contributed by atoms with Crippen molar-refractivity contribution in [2.45, 2.75) is 36.8 Å². The van der Waals surface area contributed by atoms with Crippen LogP contribution in [0.3, 0.4) is 0 Å². The maximum Gasteiger partial charge on any atom is 0.284 e. The molecule has 0 spiro atoms. The molecular formula is C25H26N4O5S. The number of ketones is 1. The second-order valence-electron chi connectivity index (χ2n) is 8.35. The van der Waals surface area contributed by atoms with Gasteiger partial charge in [0.25, 0.3) is 10.0 Å². The molecule has 2 heterocycles. The smallest absolute Gasteiger partial charge is 0.284 e. The van der Waals surface area contributed by atoms with Crippen LogP contribution in [0.25, 0.3) is 10.8 Å². The fourth-order valence-corrected chi connectivity index (χ4v) is 5.97. The summed E-state index contributed by atoms with van der Waals surface area (Å²) < 4.78 is 27.7. The van der Waals surface area contributed by atoms with Gasteiger partial charge in [0.05, 0.1) is 12.1 Å². The van der Waals surface area contributed by atoms with Crippen LogP contribution >= 0.6 is 0 Å². The van der Waals surface area contributed by atoms with Crippen LogP contribution in [0.2, 0.25) is 0 Å². The van der Waals surface area contributed by atoms with Gasteiger partial charge in [0.15, 0.2) is 10.8 Å². The van der Waals surface area contributed by atoms with Crippen LogP contribution in [0.15, 0.2) is 65.8 Å². The van der Waals surface area contributed by atoms with E-state index in [2.05, 4.69) is 10.3 Å². The van der Waals surface area contributed by atoms with Gasteiger partial charge in [0, 0.05) is 12.6 Å². The molecule has 182 valence electrons. The minimum atomic E-state index is -4.38. The monoisotopic (exact) mass is 494 g/mol. The number of aromatic nitrogens is 1. The number of carbonyl (C=O) groups is 3. The molecule has 0 aliphatic carbocycles. The van der Waals surface area contributed by atoms with Crippen LogP contribution in [0.5, 0.6) is 0 Å². The lowest BCUT2D eigenvalue weighted by molar-refractivity contribution is -0.133. The topological polar surface area (TPSA) is 140 Å². The average molecular weight is 495 g/mol. The second-order valence-corrected chi connectivity index (χ2v) is 10.1. The van der Waals surface area contributed by atoms with Crippen molar-refractivity contribution in [2.75, 3.05) is 13.1 Å². The Kier molecular flexibility index (Phi) is 7.23. The zero-order chi connectivity index (χ0) is 25.0. The lowest BCUT2D eigenvalue weighted by Gasteiger charge is -2.29. The Morgan fingerprint density at radius 2 is 1.86 bits per heavy atom. The number of rotatable bonds is 7. The third-order valence-electron chi connectivity index (χ3n) is 6.06. The number of primary amides is 1. The van der Waals surface area contributed by atoms with Gasteiger partial charge < -0.3 is 11.1 Å². The molecule has 10 heteroatoms. The number of fused-ring (bicyclic) bond motifs is 1. The molecular weight excluding hydrogens is 468 g/mol. The molecule has 1 fully saturated rings. The van der Waals surface area contributed by atoms with E-state index in [-0.39, 0.29) is 36.6 Å². The lowest BCUT2D eigenvalue weighted by atomic mass is 9.95. The fraction of sp³-hybridized carbons (Fsp3) is 0.280. The maximum atomic E-state index is 13.5. The quantitative estimate of drug-likeness (QED) is 0.510. The Balaban J connectivity index is 1.69. The fourth-order valence-electron chi connectivity index (χ4n) is 4.40. The van der Waals surface area contributed by atoms with Crippen molar-refractivity contribution in [2.24, 2.45) is 5.73 Å². The predicted octanol–water partition coefficient (Wildman–Crippen LogP) is 1.80. The Labute approximate surface area is 203 Å². The predicted molar refractivity (Wildman–Crippen MR) is 130 cm³/mol. The number of pyridine rings is 1. The number of nitrogens with one attached hydrogen (secondary N) is 1. The van der Waals surface area contributed by atoms with Crippen LogP contribution in [0, 0.1) is 0 Å². The lowest BCUT2D eigenvalue weighted by Crippen LogP contribution is -2.49. The van der Waals surface area contributed by atoms with E-state index in [1.807, 2.05) is 18.2 Å². The number of hydrogen-bond acceptors (Lipinski definition) is 7. The van der Waals surface area contributed by atoms with Crippen molar-refractivity contribution in [3.05, 3.63) is 71.9 Å². The molecule has 1 atom stereocenters. The summed E-state index contributed by atoms with van der Waals surface area (Å²) >= 11 is 0. The Morgan fingerprint density at radius 3 is 2.60 bits per heavy atom. The van der Waals surface area contributed by atoms with Gasteiger partial charge >= 0.3 is 0 Å². The first-order valence-corrected chi connectivity index (χ1v) is 12.8. The molecule has 35 heavy (non-hydrogen) atoms. The molecule has 1 aromatic heterocycles. The van der Waals surface area contributed by atoms with E-state index in [9.17, 15) is 22.8 Å². The summed E-state index contributed by atoms with van der Waals surface area (Å²) in [5, 5.41) is 4.14. The molecule has 0 bridgehead atoms. The number of sulfonamides is 1. The van der Waals surface area contributed by atoms with Crippen molar-refractivity contribution < 1.29 is 22.8 Å². The van der Waals surface area contributed by atoms with Crippen LogP contribution in [-0.2, 0) is 26.0 Å². The first kappa shape index (κ1) is 24.5. The van der Waals surface area contributed by atoms with Crippen LogP contribution < -0.4 is 11.1 Å². The summed E-state index contributed by atoms with van der Waals surface area (Å²) in [5.41, 5.74) is 6.49. The van der Waals surface area contributed by atoms with Gasteiger partial charge in [-0.1, -0.05) is 42.5 Å². The van der Waals surface area contributed by atoms with Gasteiger partial charge in [-0.2, -0.15) is 8.42 Å². The zero-order valence-corrected chi connectivity index (χ0v) is 19.8. The van der Waals surface area contributed by atoms with Crippen LogP contribution in [0.4, 0.5) is 0 Å². The second kappa shape index (κ2) is 10.3. The number of nitrogens with two attached hydrogens (primary N) is 1. The minimum absolute atomic E-state index is 0.0251. The normalized spacial score (nSPS) is 16.6. The summed E-state index contributed by atoms with van der Waals surface area (Å²) in [5.74, 6) is -1.74. The first-order valence-electron chi connectivity index (χ1n) is 11.3. The van der Waals surface area contributed by atoms with Crippen molar-refractivity contribution in [1.82, 2.24) is 14.6 Å². The zero-order valence-electron chi connectivity index (χ0n) is 19.0. The Hall–Kier alpha value is -3.63. The highest BCUT2D eigenvalue weighted by Gasteiger charge is 2.40. The van der Waals surface area contributed by atoms with Gasteiger partial charge in [-0.15, -0.1) is 0 Å². The SMILES string of the molecule is NC(=O)c1c(CCC(=O)N([C@H]2CCCNCC2=O)S(=O)(=O)c2ccccn2)ccc2ccccc12. The molecule has 1 aliphatic heterocycles. The van der Waals surface area contributed by atoms with Gasteiger partial charge in [0.2, 0.25) is 11.8 Å². The molecule has 3 N–H and O–H groups in total. The Morgan fingerprint density at radius 1 is 1.09 bits per heavy atom. The van der Waals surface area contributed by atoms with Crippen molar-refractivity contribution in [3.8, 4) is 0 Å². The summed E-state index contributed by atoms with van der Waals surface area (Å²) in [7, 11) is -4.38. The summed E-state index contributed by atoms with van der Waals surface area (Å²) in [4.78, 5) is 42.4. The van der Waals surface area contributed by atoms with E-state index in [1.165, 1.54) is 18.3 Å². The van der Waals surface area contributed by atoms with Crippen molar-refractivity contribution in [1.29, 1.82) is 0 Å². The van der Waals surface area contributed by atoms with Crippen molar-refractivity contribution >= 4 is 38.4 Å². The molecule has 2 aromatic carbocycles. The van der Waals surface area contributed by atoms with Gasteiger partial charge in [0.1, 0.15) is 6.04 Å². The number of aryl methyl sites for hydroxylation is 1. The summed E-state index contributed by atoms with van der Waals surface area (Å²) in [6.45, 7) is 0.523. The van der Waals surface area contributed by atoms with Gasteiger partial charge in [-0.25, -0.2) is 9.29 Å². The average Bonchev–Trinajstić information content (AvgIpc) is 3.06. The molecule has 9 nitrogen and oxygen atoms in total. The van der Waals surface area contributed by atoms with E-state index in [0.29, 0.717) is 33.8 Å². The molecule has 1 aliphatic rings. The van der Waals surface area contributed by atoms with Crippen LogP contribution in [-0.4, -0.2) is 54.4 Å². The molecule has 4 rings (SSSR count). The number of hydrogen-bond donors (Lipinski definition) is 2. The van der Waals surface area contributed by atoms with E-state index in [0.717, 1.165) is 5.39 Å². The number of Topliss-reactive ketones (excluding diaryl/α,β-unsaturated/α-hetero) is 1. The summed E-state index contributed by atoms with van der Waals surface area (Å²) in [6.07, 6.45) is 1.91. The standard InChI is InChI=1S/C25H26N4O5S/c26-25(32)24-18(11-10-17-6-1-2-7-19(17)24)12-13-23(31)29(20-8-5-14-27-16-21(20)30)35(33,34)22-9-3-4-15-28-22/h1-4,6-7,9-11,15,20,27H,5,8,12-14,16H2,(H2,26,32)/t20-/m0/s1. The molecule has 3 aromatic rings. The molecule has 0 unspecified atom stereocenters. The van der Waals surface area contributed by atoms with E-state index < -0.39 is 27.9 Å². The van der Waals surface area contributed by atoms with Gasteiger partial charge in [-0.3, -0.25) is 14.4 Å². The molecule has 1 saturated heterocycles. The van der Waals surface area contributed by atoms with E-state index >= 15 is 0 Å². The third-order valence-corrected chi connectivity index (χ3v) is 7.81.